The van der Waals surface area contributed by atoms with Gasteiger partial charge in [-0.25, -0.2) is 8.78 Å². The minimum atomic E-state index is -0.937. The molecule has 33 heavy (non-hydrogen) atoms. The van der Waals surface area contributed by atoms with Crippen molar-refractivity contribution in [1.82, 2.24) is 29.5 Å². The lowest BCUT2D eigenvalue weighted by Gasteiger charge is -2.35. The van der Waals surface area contributed by atoms with Crippen molar-refractivity contribution in [2.45, 2.75) is 19.0 Å². The number of nitrogens with one attached hydrogen (secondary N) is 1. The number of halogens is 2. The zero-order valence-electron chi connectivity index (χ0n) is 18.5. The molecule has 1 atom stereocenters. The Bertz CT molecular complexity index is 1180. The number of hydrogen-bond acceptors (Lipinski definition) is 4. The fourth-order valence-electron chi connectivity index (χ4n) is 4.59. The van der Waals surface area contributed by atoms with Crippen molar-refractivity contribution in [1.29, 1.82) is 0 Å². The van der Waals surface area contributed by atoms with Crippen LogP contribution in [-0.4, -0.2) is 75.0 Å². The lowest BCUT2D eigenvalue weighted by molar-refractivity contribution is 0.107. The molecule has 1 saturated heterocycles. The third-order valence-corrected chi connectivity index (χ3v) is 6.49. The largest absolute Gasteiger partial charge is 0.361 e. The number of fused-ring (bicyclic) bond motifs is 1. The van der Waals surface area contributed by atoms with Crippen molar-refractivity contribution >= 4 is 10.9 Å². The van der Waals surface area contributed by atoms with Gasteiger partial charge in [0.25, 0.3) is 0 Å². The summed E-state index contributed by atoms with van der Waals surface area (Å²) in [5.74, 6) is -0.137. The van der Waals surface area contributed by atoms with Crippen LogP contribution in [0.25, 0.3) is 16.6 Å². The maximum absolute atomic E-state index is 15.0. The van der Waals surface area contributed by atoms with Crippen molar-refractivity contribution in [2.75, 3.05) is 39.3 Å². The predicted octanol–water partition coefficient (Wildman–Crippen LogP) is 3.63. The summed E-state index contributed by atoms with van der Waals surface area (Å²) in [6.45, 7) is 4.71. The van der Waals surface area contributed by atoms with E-state index in [0.29, 0.717) is 19.4 Å². The van der Waals surface area contributed by atoms with Gasteiger partial charge in [0, 0.05) is 68.5 Å². The van der Waals surface area contributed by atoms with Gasteiger partial charge in [-0.2, -0.15) is 0 Å². The second-order valence-corrected chi connectivity index (χ2v) is 8.70. The Hall–Kier alpha value is -3.10. The average Bonchev–Trinajstić information content (AvgIpc) is 3.50. The smallest absolute Gasteiger partial charge is 0.126 e. The van der Waals surface area contributed by atoms with Crippen molar-refractivity contribution < 1.29 is 8.78 Å². The van der Waals surface area contributed by atoms with E-state index in [1.165, 1.54) is 6.07 Å². The number of benzene rings is 2. The molecular formula is C25H28F2N6. The Morgan fingerprint density at radius 3 is 2.48 bits per heavy atom. The van der Waals surface area contributed by atoms with Crippen LogP contribution in [0, 0.1) is 5.82 Å². The highest BCUT2D eigenvalue weighted by Gasteiger charge is 2.21. The van der Waals surface area contributed by atoms with E-state index in [2.05, 4.69) is 25.0 Å². The first kappa shape index (κ1) is 21.7. The van der Waals surface area contributed by atoms with E-state index in [4.69, 9.17) is 0 Å². The van der Waals surface area contributed by atoms with Crippen LogP contribution in [0.1, 0.15) is 11.1 Å². The van der Waals surface area contributed by atoms with Crippen molar-refractivity contribution in [3.63, 3.8) is 0 Å². The molecule has 5 rings (SSSR count). The molecule has 1 unspecified atom stereocenters. The second-order valence-electron chi connectivity index (χ2n) is 8.70. The summed E-state index contributed by atoms with van der Waals surface area (Å²) in [5.41, 5.74) is 3.69. The van der Waals surface area contributed by atoms with E-state index in [9.17, 15) is 4.39 Å². The van der Waals surface area contributed by atoms with Gasteiger partial charge >= 0.3 is 0 Å². The van der Waals surface area contributed by atoms with Crippen LogP contribution in [0.2, 0.25) is 0 Å². The van der Waals surface area contributed by atoms with Crippen LogP contribution in [0.4, 0.5) is 8.78 Å². The monoisotopic (exact) mass is 450 g/mol. The molecule has 0 spiro atoms. The van der Waals surface area contributed by atoms with Gasteiger partial charge in [0.1, 0.15) is 24.6 Å². The number of nitrogens with zero attached hydrogens (tertiary/aromatic N) is 5. The Morgan fingerprint density at radius 2 is 1.70 bits per heavy atom. The zero-order valence-corrected chi connectivity index (χ0v) is 18.5. The summed E-state index contributed by atoms with van der Waals surface area (Å²) in [5, 5.41) is 8.74. The summed E-state index contributed by atoms with van der Waals surface area (Å²) in [4.78, 5) is 7.78. The Balaban J connectivity index is 1.13. The van der Waals surface area contributed by atoms with Gasteiger partial charge in [0.2, 0.25) is 0 Å². The molecule has 0 saturated carbocycles. The molecule has 2 aromatic carbocycles. The molecule has 1 N–H and O–H groups in total. The van der Waals surface area contributed by atoms with Gasteiger partial charge in [0.15, 0.2) is 0 Å². The normalized spacial score (nSPS) is 16.4. The minimum absolute atomic E-state index is 0.137. The average molecular weight is 451 g/mol. The lowest BCUT2D eigenvalue weighted by Crippen LogP contribution is -2.48. The number of piperazine rings is 1. The van der Waals surface area contributed by atoms with Crippen LogP contribution >= 0.6 is 0 Å². The predicted molar refractivity (Wildman–Crippen MR) is 125 cm³/mol. The quantitative estimate of drug-likeness (QED) is 0.446. The van der Waals surface area contributed by atoms with Gasteiger partial charge in [-0.05, 0) is 41.8 Å². The van der Waals surface area contributed by atoms with Crippen molar-refractivity contribution in [3.8, 4) is 5.69 Å². The number of aromatic amines is 1. The van der Waals surface area contributed by atoms with Gasteiger partial charge in [-0.1, -0.05) is 18.2 Å². The highest BCUT2D eigenvalue weighted by molar-refractivity contribution is 5.85. The lowest BCUT2D eigenvalue weighted by atomic mass is 10.1. The van der Waals surface area contributed by atoms with E-state index in [1.807, 2.05) is 41.1 Å². The highest BCUT2D eigenvalue weighted by atomic mass is 19.1. The van der Waals surface area contributed by atoms with E-state index < -0.39 is 6.17 Å². The molecule has 1 aliphatic rings. The van der Waals surface area contributed by atoms with Gasteiger partial charge in [-0.15, -0.1) is 10.2 Å². The van der Waals surface area contributed by atoms with E-state index in [-0.39, 0.29) is 5.82 Å². The standard InChI is InChI=1S/C25H28F2N6/c26-21(13-20-15-28-25-6-5-22(14-23(20)25)33-17-29-30-18-33)16-32-11-9-31(10-12-32)8-7-19-3-1-2-4-24(19)27/h1-6,14-15,17-18,21,28H,7-13,16H2. The van der Waals surface area contributed by atoms with Crippen LogP contribution < -0.4 is 0 Å². The number of alkyl halides is 1. The topological polar surface area (TPSA) is 53.0 Å². The summed E-state index contributed by atoms with van der Waals surface area (Å²) in [6, 6.07) is 13.0. The molecule has 2 aromatic heterocycles. The van der Waals surface area contributed by atoms with Crippen LogP contribution in [-0.2, 0) is 12.8 Å². The molecular weight excluding hydrogens is 422 g/mol. The SMILES string of the molecule is Fc1ccccc1CCN1CCN(CC(F)Cc2c[nH]c3ccc(-n4cnnc4)cc23)CC1. The van der Waals surface area contributed by atoms with Gasteiger partial charge in [-0.3, -0.25) is 9.47 Å². The third kappa shape index (κ3) is 5.12. The number of aromatic nitrogens is 4. The fourth-order valence-corrected chi connectivity index (χ4v) is 4.59. The number of rotatable bonds is 8. The Kier molecular flexibility index (Phi) is 6.46. The molecule has 4 aromatic rings. The van der Waals surface area contributed by atoms with E-state index in [0.717, 1.165) is 60.4 Å². The number of hydrogen-bond donors (Lipinski definition) is 1. The molecule has 1 fully saturated rings. The van der Waals surface area contributed by atoms with Gasteiger partial charge < -0.3 is 9.88 Å². The first-order chi connectivity index (χ1) is 16.2. The van der Waals surface area contributed by atoms with E-state index in [1.54, 1.807) is 18.7 Å². The molecule has 0 radical (unpaired) electrons. The summed E-state index contributed by atoms with van der Waals surface area (Å²) < 4.78 is 30.7. The molecule has 1 aliphatic heterocycles. The summed E-state index contributed by atoms with van der Waals surface area (Å²) >= 11 is 0. The molecule has 8 heteroatoms. The minimum Gasteiger partial charge on any atom is -0.361 e. The van der Waals surface area contributed by atoms with Crippen molar-refractivity contribution in [3.05, 3.63) is 78.3 Å². The molecule has 6 nitrogen and oxygen atoms in total. The first-order valence-corrected chi connectivity index (χ1v) is 11.4. The Labute approximate surface area is 191 Å². The fraction of sp³-hybridized carbons (Fsp3) is 0.360. The van der Waals surface area contributed by atoms with Crippen molar-refractivity contribution in [2.24, 2.45) is 0 Å². The molecule has 172 valence electrons. The first-order valence-electron chi connectivity index (χ1n) is 11.4. The third-order valence-electron chi connectivity index (χ3n) is 6.49. The molecule has 3 heterocycles. The second kappa shape index (κ2) is 9.80. The highest BCUT2D eigenvalue weighted by Crippen LogP contribution is 2.24. The van der Waals surface area contributed by atoms with Crippen LogP contribution in [0.3, 0.4) is 0 Å². The zero-order chi connectivity index (χ0) is 22.6. The summed E-state index contributed by atoms with van der Waals surface area (Å²) in [6.07, 6.45) is 5.36. The summed E-state index contributed by atoms with van der Waals surface area (Å²) in [7, 11) is 0. The molecule has 0 amide bonds. The van der Waals surface area contributed by atoms with E-state index >= 15 is 4.39 Å². The molecule has 0 bridgehead atoms. The molecule has 0 aliphatic carbocycles. The Morgan fingerprint density at radius 1 is 0.939 bits per heavy atom. The van der Waals surface area contributed by atoms with Gasteiger partial charge in [0.05, 0.1) is 0 Å². The van der Waals surface area contributed by atoms with Crippen LogP contribution in [0.15, 0.2) is 61.3 Å². The maximum Gasteiger partial charge on any atom is 0.126 e. The maximum atomic E-state index is 15.0. The number of H-pyrrole nitrogens is 1. The van der Waals surface area contributed by atoms with Crippen LogP contribution in [0.5, 0.6) is 0 Å².